The average Bonchev–Trinajstić information content (AvgIpc) is 2.61. The third-order valence-electron chi connectivity index (χ3n) is 3.91. The van der Waals surface area contributed by atoms with E-state index in [-0.39, 0.29) is 6.29 Å². The molecule has 23 heavy (non-hydrogen) atoms. The van der Waals surface area contributed by atoms with Crippen molar-refractivity contribution in [3.05, 3.63) is 48.0 Å². The van der Waals surface area contributed by atoms with Crippen molar-refractivity contribution in [2.24, 2.45) is 0 Å². The summed E-state index contributed by atoms with van der Waals surface area (Å²) in [5, 5.41) is 0. The molecule has 128 valence electrons. The Morgan fingerprint density at radius 2 is 1.87 bits per heavy atom. The van der Waals surface area contributed by atoms with Gasteiger partial charge in [-0.3, -0.25) is 0 Å². The standard InChI is InChI=1S/C20H30O3/c1(2-4-10-16-22-20-14-8-11-17-23-20)3-9-15-21-18-19-12-6-5-7-13-19/h2,4-7,12-13,20H,1,3,8-11,14-18H2/b4-2+. The maximum atomic E-state index is 5.69. The molecule has 0 aliphatic carbocycles. The van der Waals surface area contributed by atoms with Crippen molar-refractivity contribution in [2.75, 3.05) is 19.8 Å². The van der Waals surface area contributed by atoms with Crippen LogP contribution < -0.4 is 0 Å². The summed E-state index contributed by atoms with van der Waals surface area (Å²) < 4.78 is 16.9. The molecule has 0 N–H and O–H groups in total. The summed E-state index contributed by atoms with van der Waals surface area (Å²) in [5.74, 6) is 0. The first-order valence-corrected chi connectivity index (χ1v) is 8.95. The lowest BCUT2D eigenvalue weighted by Gasteiger charge is -2.22. The van der Waals surface area contributed by atoms with Crippen LogP contribution in [0, 0.1) is 0 Å². The number of unbranched alkanes of at least 4 members (excludes halogenated alkanes) is 2. The van der Waals surface area contributed by atoms with Gasteiger partial charge in [0, 0.05) is 13.2 Å². The third-order valence-corrected chi connectivity index (χ3v) is 3.91. The van der Waals surface area contributed by atoms with Crippen molar-refractivity contribution < 1.29 is 14.2 Å². The van der Waals surface area contributed by atoms with Gasteiger partial charge in [0.2, 0.25) is 0 Å². The molecule has 3 nitrogen and oxygen atoms in total. The van der Waals surface area contributed by atoms with Crippen LogP contribution in [0.4, 0.5) is 0 Å². The highest BCUT2D eigenvalue weighted by atomic mass is 16.7. The molecule has 1 heterocycles. The van der Waals surface area contributed by atoms with Crippen molar-refractivity contribution in [1.82, 2.24) is 0 Å². The van der Waals surface area contributed by atoms with Crippen molar-refractivity contribution in [3.63, 3.8) is 0 Å². The van der Waals surface area contributed by atoms with Gasteiger partial charge in [0.15, 0.2) is 6.29 Å². The Morgan fingerprint density at radius 1 is 1.00 bits per heavy atom. The lowest BCUT2D eigenvalue weighted by molar-refractivity contribution is -0.161. The highest BCUT2D eigenvalue weighted by Gasteiger charge is 2.12. The van der Waals surface area contributed by atoms with E-state index in [1.807, 2.05) is 18.2 Å². The monoisotopic (exact) mass is 318 g/mol. The molecule has 0 saturated carbocycles. The minimum absolute atomic E-state index is 0.0407. The van der Waals surface area contributed by atoms with E-state index in [4.69, 9.17) is 14.2 Å². The minimum atomic E-state index is 0.0407. The minimum Gasteiger partial charge on any atom is -0.377 e. The topological polar surface area (TPSA) is 27.7 Å². The van der Waals surface area contributed by atoms with Gasteiger partial charge in [0.25, 0.3) is 0 Å². The van der Waals surface area contributed by atoms with Gasteiger partial charge in [-0.2, -0.15) is 0 Å². The van der Waals surface area contributed by atoms with Gasteiger partial charge in [-0.1, -0.05) is 42.5 Å². The number of ether oxygens (including phenoxy) is 3. The largest absolute Gasteiger partial charge is 0.377 e. The van der Waals surface area contributed by atoms with Crippen molar-refractivity contribution in [1.29, 1.82) is 0 Å². The molecular weight excluding hydrogens is 288 g/mol. The van der Waals surface area contributed by atoms with Crippen molar-refractivity contribution in [3.8, 4) is 0 Å². The van der Waals surface area contributed by atoms with Crippen LogP contribution in [0.15, 0.2) is 42.5 Å². The smallest absolute Gasteiger partial charge is 0.157 e. The SMILES string of the molecule is C(=C\CCOC1CCCCO1)/CCCCOCc1ccccc1. The van der Waals surface area contributed by atoms with E-state index >= 15 is 0 Å². The number of allylic oxidation sites excluding steroid dienone is 1. The fraction of sp³-hybridized carbons (Fsp3) is 0.600. The van der Waals surface area contributed by atoms with E-state index in [9.17, 15) is 0 Å². The number of benzene rings is 1. The average molecular weight is 318 g/mol. The zero-order valence-corrected chi connectivity index (χ0v) is 14.1. The molecule has 1 saturated heterocycles. The third kappa shape index (κ3) is 8.89. The highest BCUT2D eigenvalue weighted by Crippen LogP contribution is 2.13. The van der Waals surface area contributed by atoms with E-state index in [2.05, 4.69) is 24.3 Å². The highest BCUT2D eigenvalue weighted by molar-refractivity contribution is 5.13. The zero-order valence-electron chi connectivity index (χ0n) is 14.1. The molecule has 0 spiro atoms. The first-order valence-electron chi connectivity index (χ1n) is 8.95. The van der Waals surface area contributed by atoms with Gasteiger partial charge >= 0.3 is 0 Å². The first kappa shape index (κ1) is 18.2. The van der Waals surface area contributed by atoms with Gasteiger partial charge in [0.1, 0.15) is 0 Å². The lowest BCUT2D eigenvalue weighted by Crippen LogP contribution is -2.22. The Morgan fingerprint density at radius 3 is 2.70 bits per heavy atom. The van der Waals surface area contributed by atoms with E-state index in [0.29, 0.717) is 0 Å². The molecule has 1 aromatic carbocycles. The van der Waals surface area contributed by atoms with E-state index in [0.717, 1.165) is 52.1 Å². The van der Waals surface area contributed by atoms with Gasteiger partial charge in [-0.05, 0) is 50.5 Å². The lowest BCUT2D eigenvalue weighted by atomic mass is 10.2. The Balaban J connectivity index is 1.36. The second-order valence-electron chi connectivity index (χ2n) is 5.96. The van der Waals surface area contributed by atoms with E-state index in [1.165, 1.54) is 24.8 Å². The van der Waals surface area contributed by atoms with Crippen LogP contribution in [0.1, 0.15) is 50.5 Å². The molecule has 2 rings (SSSR count). The summed E-state index contributed by atoms with van der Waals surface area (Å²) in [5.41, 5.74) is 1.24. The van der Waals surface area contributed by atoms with Gasteiger partial charge in [-0.15, -0.1) is 0 Å². The van der Waals surface area contributed by atoms with Crippen LogP contribution in [0.25, 0.3) is 0 Å². The van der Waals surface area contributed by atoms with Crippen molar-refractivity contribution >= 4 is 0 Å². The molecule has 0 aromatic heterocycles. The van der Waals surface area contributed by atoms with Crippen LogP contribution in [-0.4, -0.2) is 26.1 Å². The fourth-order valence-electron chi connectivity index (χ4n) is 2.58. The normalized spacial score (nSPS) is 18.5. The summed E-state index contributed by atoms with van der Waals surface area (Å²) in [6.45, 7) is 3.18. The first-order chi connectivity index (χ1) is 11.4. The maximum absolute atomic E-state index is 5.69. The van der Waals surface area contributed by atoms with Crippen molar-refractivity contribution in [2.45, 2.75) is 57.8 Å². The molecule has 0 amide bonds. The predicted molar refractivity (Wildman–Crippen MR) is 93.2 cm³/mol. The second kappa shape index (κ2) is 12.3. The quantitative estimate of drug-likeness (QED) is 0.430. The van der Waals surface area contributed by atoms with Gasteiger partial charge in [0.05, 0.1) is 13.2 Å². The van der Waals surface area contributed by atoms with Gasteiger partial charge in [-0.25, -0.2) is 0 Å². The molecule has 1 atom stereocenters. The maximum Gasteiger partial charge on any atom is 0.157 e. The van der Waals surface area contributed by atoms with Crippen LogP contribution in [0.2, 0.25) is 0 Å². The summed E-state index contributed by atoms with van der Waals surface area (Å²) >= 11 is 0. The molecule has 1 aliphatic rings. The molecule has 0 bridgehead atoms. The molecule has 3 heteroatoms. The number of hydrogen-bond donors (Lipinski definition) is 0. The zero-order chi connectivity index (χ0) is 16.0. The van der Waals surface area contributed by atoms with Crippen LogP contribution >= 0.6 is 0 Å². The Hall–Kier alpha value is -1.16. The summed E-state index contributed by atoms with van der Waals surface area (Å²) in [6, 6.07) is 10.3. The Labute approximate surface area is 140 Å². The Kier molecular flexibility index (Phi) is 9.71. The van der Waals surface area contributed by atoms with Gasteiger partial charge < -0.3 is 14.2 Å². The number of hydrogen-bond acceptors (Lipinski definition) is 3. The summed E-state index contributed by atoms with van der Waals surface area (Å²) in [6.07, 6.45) is 12.4. The van der Waals surface area contributed by atoms with E-state index < -0.39 is 0 Å². The molecule has 1 aliphatic heterocycles. The second-order valence-corrected chi connectivity index (χ2v) is 5.96. The molecule has 1 unspecified atom stereocenters. The molecular formula is C20H30O3. The summed E-state index contributed by atoms with van der Waals surface area (Å²) in [4.78, 5) is 0. The van der Waals surface area contributed by atoms with Crippen LogP contribution in [0.3, 0.4) is 0 Å². The fourth-order valence-corrected chi connectivity index (χ4v) is 2.58. The predicted octanol–water partition coefficient (Wildman–Crippen LogP) is 4.86. The van der Waals surface area contributed by atoms with Crippen LogP contribution in [0.5, 0.6) is 0 Å². The molecule has 1 fully saturated rings. The number of rotatable bonds is 11. The molecule has 1 aromatic rings. The summed E-state index contributed by atoms with van der Waals surface area (Å²) in [7, 11) is 0. The molecule has 0 radical (unpaired) electrons. The Bertz CT molecular complexity index is 410. The van der Waals surface area contributed by atoms with E-state index in [1.54, 1.807) is 0 Å². The van der Waals surface area contributed by atoms with Crippen LogP contribution in [-0.2, 0) is 20.8 Å².